The maximum Gasteiger partial charge on any atom is 0.327 e. The minimum Gasteiger partial charge on any atom is -0.370 e. The Hall–Kier alpha value is -1.98. The standard InChI is InChI=1S/C31H43N3O2/c1-29(34-36-28(35)21-11-17-32-18-12-21)14-15-30(2)23(19-29)6-7-24-26-9-8-25(22-5-4-16-33-20-22)31(26,3)13-10-27(24)30/h4-5,8,16,19-21,24,26-27,32,34H,6-7,9-15,17-18H2,1-3H3/t24-,26+,27+,29?,30+,31-/m1/s1. The first-order valence-electron chi connectivity index (χ1n) is 14.3. The summed E-state index contributed by atoms with van der Waals surface area (Å²) >= 11 is 0. The van der Waals surface area contributed by atoms with Crippen molar-refractivity contribution in [1.29, 1.82) is 0 Å². The third-order valence-electron chi connectivity index (χ3n) is 11.0. The van der Waals surface area contributed by atoms with E-state index in [1.807, 2.05) is 6.20 Å². The Kier molecular flexibility index (Phi) is 6.15. The van der Waals surface area contributed by atoms with Gasteiger partial charge in [-0.3, -0.25) is 9.78 Å². The Balaban J connectivity index is 1.17. The molecule has 1 aliphatic heterocycles. The fourth-order valence-corrected chi connectivity index (χ4v) is 8.81. The maximum atomic E-state index is 12.6. The van der Waals surface area contributed by atoms with Crippen molar-refractivity contribution in [2.24, 2.45) is 34.5 Å². The smallest absolute Gasteiger partial charge is 0.327 e. The number of hydrogen-bond acceptors (Lipinski definition) is 5. The SMILES string of the molecule is CC1(NOC(=O)C2CCNCC2)C=C2CC[C@H]3[C@H](CC[C@]4(C)C(c5cccnc5)=CC[C@@H]34)[C@@]2(C)CC1. The second kappa shape index (κ2) is 9.09. The molecule has 4 aliphatic carbocycles. The highest BCUT2D eigenvalue weighted by molar-refractivity contribution is 5.73. The Morgan fingerprint density at radius 2 is 1.89 bits per heavy atom. The highest BCUT2D eigenvalue weighted by atomic mass is 16.7. The fraction of sp³-hybridized carbons (Fsp3) is 0.677. The Labute approximate surface area is 216 Å². The maximum absolute atomic E-state index is 12.6. The van der Waals surface area contributed by atoms with Gasteiger partial charge in [-0.05, 0) is 124 Å². The lowest BCUT2D eigenvalue weighted by atomic mass is 9.46. The van der Waals surface area contributed by atoms with Gasteiger partial charge in [0.1, 0.15) is 0 Å². The number of hydroxylamine groups is 1. The van der Waals surface area contributed by atoms with Gasteiger partial charge in [0.2, 0.25) is 0 Å². The molecule has 1 saturated heterocycles. The summed E-state index contributed by atoms with van der Waals surface area (Å²) in [6, 6.07) is 4.32. The molecule has 3 fully saturated rings. The summed E-state index contributed by atoms with van der Waals surface area (Å²) in [6.45, 7) is 9.10. The molecule has 6 rings (SSSR count). The van der Waals surface area contributed by atoms with Crippen LogP contribution in [0.4, 0.5) is 0 Å². The number of rotatable bonds is 4. The van der Waals surface area contributed by atoms with E-state index in [4.69, 9.17) is 4.84 Å². The van der Waals surface area contributed by atoms with E-state index in [0.717, 1.165) is 50.1 Å². The lowest BCUT2D eigenvalue weighted by molar-refractivity contribution is -0.161. The average molecular weight is 490 g/mol. The third-order valence-corrected chi connectivity index (χ3v) is 11.0. The Morgan fingerprint density at radius 1 is 1.06 bits per heavy atom. The number of allylic oxidation sites excluding steroid dienone is 3. The van der Waals surface area contributed by atoms with Crippen LogP contribution < -0.4 is 10.8 Å². The molecular formula is C31H43N3O2. The second-order valence-corrected chi connectivity index (χ2v) is 13.0. The summed E-state index contributed by atoms with van der Waals surface area (Å²) in [6.07, 6.45) is 19.1. The van der Waals surface area contributed by atoms with Crippen LogP contribution >= 0.6 is 0 Å². The van der Waals surface area contributed by atoms with Crippen LogP contribution in [0.25, 0.3) is 5.57 Å². The molecule has 0 aromatic carbocycles. The number of fused-ring (bicyclic) bond motifs is 5. The molecule has 5 aliphatic rings. The van der Waals surface area contributed by atoms with E-state index in [-0.39, 0.29) is 28.3 Å². The van der Waals surface area contributed by atoms with E-state index < -0.39 is 0 Å². The molecule has 1 aromatic heterocycles. The minimum absolute atomic E-state index is 0.0208. The molecular weight excluding hydrogens is 446 g/mol. The molecule has 5 nitrogen and oxygen atoms in total. The van der Waals surface area contributed by atoms with Gasteiger partial charge in [0, 0.05) is 12.4 Å². The molecule has 2 saturated carbocycles. The lowest BCUT2D eigenvalue weighted by Crippen LogP contribution is -2.53. The zero-order valence-electron chi connectivity index (χ0n) is 22.3. The second-order valence-electron chi connectivity index (χ2n) is 13.0. The normalized spacial score (nSPS) is 40.4. The summed E-state index contributed by atoms with van der Waals surface area (Å²) < 4.78 is 0. The van der Waals surface area contributed by atoms with Gasteiger partial charge >= 0.3 is 5.97 Å². The van der Waals surface area contributed by atoms with Crippen molar-refractivity contribution in [2.45, 2.75) is 84.1 Å². The predicted octanol–water partition coefficient (Wildman–Crippen LogP) is 5.84. The number of pyridine rings is 1. The molecule has 0 spiro atoms. The first kappa shape index (κ1) is 24.4. The lowest BCUT2D eigenvalue weighted by Gasteiger charge is -2.59. The molecule has 6 atom stereocenters. The first-order valence-corrected chi connectivity index (χ1v) is 14.3. The van der Waals surface area contributed by atoms with E-state index in [2.05, 4.69) is 67.0 Å². The molecule has 2 N–H and O–H groups in total. The van der Waals surface area contributed by atoms with Gasteiger partial charge in [0.05, 0.1) is 11.5 Å². The molecule has 0 bridgehead atoms. The molecule has 0 amide bonds. The minimum atomic E-state index is -0.268. The van der Waals surface area contributed by atoms with E-state index in [1.54, 1.807) is 11.1 Å². The van der Waals surface area contributed by atoms with Gasteiger partial charge in [-0.2, -0.15) is 0 Å². The van der Waals surface area contributed by atoms with Gasteiger partial charge in [0.25, 0.3) is 0 Å². The number of hydrogen-bond donors (Lipinski definition) is 2. The zero-order chi connectivity index (χ0) is 25.0. The summed E-state index contributed by atoms with van der Waals surface area (Å²) in [7, 11) is 0. The Morgan fingerprint density at radius 3 is 2.67 bits per heavy atom. The monoisotopic (exact) mass is 489 g/mol. The van der Waals surface area contributed by atoms with Crippen LogP contribution in [-0.4, -0.2) is 29.6 Å². The van der Waals surface area contributed by atoms with Crippen LogP contribution in [0.2, 0.25) is 0 Å². The van der Waals surface area contributed by atoms with Crippen LogP contribution in [0, 0.1) is 34.5 Å². The van der Waals surface area contributed by atoms with Gasteiger partial charge < -0.3 is 10.2 Å². The van der Waals surface area contributed by atoms with Gasteiger partial charge in [-0.25, -0.2) is 0 Å². The summed E-state index contributed by atoms with van der Waals surface area (Å²) in [5, 5.41) is 3.32. The third kappa shape index (κ3) is 3.98. The van der Waals surface area contributed by atoms with Gasteiger partial charge in [0.15, 0.2) is 0 Å². The highest BCUT2D eigenvalue weighted by Gasteiger charge is 2.57. The van der Waals surface area contributed by atoms with Crippen LogP contribution in [0.5, 0.6) is 0 Å². The number of nitrogens with zero attached hydrogens (tertiary/aromatic N) is 1. The van der Waals surface area contributed by atoms with E-state index >= 15 is 0 Å². The van der Waals surface area contributed by atoms with Crippen molar-refractivity contribution in [3.05, 3.63) is 47.8 Å². The number of carbonyl (C=O) groups is 1. The molecule has 0 radical (unpaired) electrons. The largest absolute Gasteiger partial charge is 0.370 e. The van der Waals surface area contributed by atoms with Gasteiger partial charge in [-0.1, -0.05) is 37.6 Å². The number of carbonyl (C=O) groups excluding carboxylic acids is 1. The number of aromatic nitrogens is 1. The average Bonchev–Trinajstić information content (AvgIpc) is 3.26. The van der Waals surface area contributed by atoms with E-state index in [9.17, 15) is 4.79 Å². The molecule has 1 aromatic rings. The zero-order valence-corrected chi connectivity index (χ0v) is 22.3. The summed E-state index contributed by atoms with van der Waals surface area (Å²) in [4.78, 5) is 22.8. The molecule has 5 heteroatoms. The topological polar surface area (TPSA) is 63.2 Å². The van der Waals surface area contributed by atoms with Crippen molar-refractivity contribution in [3.8, 4) is 0 Å². The highest BCUT2D eigenvalue weighted by Crippen LogP contribution is 2.67. The van der Waals surface area contributed by atoms with E-state index in [0.29, 0.717) is 0 Å². The number of nitrogens with one attached hydrogen (secondary N) is 2. The summed E-state index contributed by atoms with van der Waals surface area (Å²) in [5.74, 6) is 2.21. The number of piperidine rings is 1. The van der Waals surface area contributed by atoms with Crippen LogP contribution in [0.1, 0.15) is 84.1 Å². The molecule has 1 unspecified atom stereocenters. The molecule has 2 heterocycles. The molecule has 36 heavy (non-hydrogen) atoms. The van der Waals surface area contributed by atoms with Crippen molar-refractivity contribution in [1.82, 2.24) is 15.8 Å². The van der Waals surface area contributed by atoms with E-state index in [1.165, 1.54) is 44.1 Å². The molecule has 194 valence electrons. The summed E-state index contributed by atoms with van der Waals surface area (Å²) in [5.41, 5.74) is 7.96. The Bertz CT molecular complexity index is 1060. The van der Waals surface area contributed by atoms with Crippen LogP contribution in [0.15, 0.2) is 42.3 Å². The van der Waals surface area contributed by atoms with Crippen LogP contribution in [-0.2, 0) is 9.63 Å². The van der Waals surface area contributed by atoms with Crippen LogP contribution in [0.3, 0.4) is 0 Å². The van der Waals surface area contributed by atoms with Crippen molar-refractivity contribution in [3.63, 3.8) is 0 Å². The first-order chi connectivity index (χ1) is 17.3. The van der Waals surface area contributed by atoms with Crippen molar-refractivity contribution < 1.29 is 9.63 Å². The van der Waals surface area contributed by atoms with Crippen molar-refractivity contribution in [2.75, 3.05) is 13.1 Å². The van der Waals surface area contributed by atoms with Gasteiger partial charge in [-0.15, -0.1) is 5.48 Å². The predicted molar refractivity (Wildman–Crippen MR) is 143 cm³/mol. The van der Waals surface area contributed by atoms with Crippen molar-refractivity contribution >= 4 is 11.5 Å². The quantitative estimate of drug-likeness (QED) is 0.411. The fourth-order valence-electron chi connectivity index (χ4n) is 8.81.